The van der Waals surface area contributed by atoms with Crippen molar-refractivity contribution in [3.63, 3.8) is 0 Å². The summed E-state index contributed by atoms with van der Waals surface area (Å²) in [5, 5.41) is 19.5. The maximum absolute atomic E-state index is 10.1. The van der Waals surface area contributed by atoms with Crippen LogP contribution in [0.4, 0.5) is 0 Å². The Kier molecular flexibility index (Phi) is 4.81. The summed E-state index contributed by atoms with van der Waals surface area (Å²) >= 11 is 0. The van der Waals surface area contributed by atoms with Gasteiger partial charge < -0.3 is 10.2 Å². The van der Waals surface area contributed by atoms with Crippen LogP contribution in [0.2, 0.25) is 0 Å². The summed E-state index contributed by atoms with van der Waals surface area (Å²) in [6, 6.07) is 0. The van der Waals surface area contributed by atoms with Crippen molar-refractivity contribution in [3.8, 4) is 0 Å². The SMILES string of the molecule is CCC1C(O)CCCC1(C)C(C)[C@H](C)CO. The van der Waals surface area contributed by atoms with Gasteiger partial charge in [0.1, 0.15) is 0 Å². The summed E-state index contributed by atoms with van der Waals surface area (Å²) in [7, 11) is 0. The first-order valence-electron chi connectivity index (χ1n) is 6.76. The second-order valence-corrected chi connectivity index (χ2v) is 5.93. The Morgan fingerprint density at radius 3 is 2.50 bits per heavy atom. The van der Waals surface area contributed by atoms with E-state index >= 15 is 0 Å². The number of aliphatic hydroxyl groups excluding tert-OH is 2. The van der Waals surface area contributed by atoms with Gasteiger partial charge in [0, 0.05) is 6.61 Å². The van der Waals surface area contributed by atoms with Crippen LogP contribution in [0.5, 0.6) is 0 Å². The van der Waals surface area contributed by atoms with Crippen LogP contribution < -0.4 is 0 Å². The zero-order chi connectivity index (χ0) is 12.3. The number of aliphatic hydroxyl groups is 2. The van der Waals surface area contributed by atoms with Crippen molar-refractivity contribution in [2.45, 2.75) is 59.5 Å². The van der Waals surface area contributed by atoms with Gasteiger partial charge in [-0.2, -0.15) is 0 Å². The Balaban J connectivity index is 2.86. The zero-order valence-electron chi connectivity index (χ0n) is 11.2. The van der Waals surface area contributed by atoms with Crippen molar-refractivity contribution in [3.05, 3.63) is 0 Å². The molecule has 0 radical (unpaired) electrons. The van der Waals surface area contributed by atoms with E-state index in [1.165, 1.54) is 6.42 Å². The number of hydrogen-bond acceptors (Lipinski definition) is 2. The summed E-state index contributed by atoms with van der Waals surface area (Å²) in [5.41, 5.74) is 0.189. The normalized spacial score (nSPS) is 39.4. The highest BCUT2D eigenvalue weighted by Gasteiger charge is 2.45. The largest absolute Gasteiger partial charge is 0.396 e. The molecule has 2 N–H and O–H groups in total. The third-order valence-corrected chi connectivity index (χ3v) is 5.15. The first-order chi connectivity index (χ1) is 7.47. The molecule has 16 heavy (non-hydrogen) atoms. The van der Waals surface area contributed by atoms with E-state index in [9.17, 15) is 10.2 Å². The average Bonchev–Trinajstić information content (AvgIpc) is 2.27. The van der Waals surface area contributed by atoms with Gasteiger partial charge in [0.25, 0.3) is 0 Å². The van der Waals surface area contributed by atoms with Gasteiger partial charge in [0.15, 0.2) is 0 Å². The average molecular weight is 228 g/mol. The van der Waals surface area contributed by atoms with E-state index in [0.717, 1.165) is 19.3 Å². The Bertz CT molecular complexity index is 217. The molecule has 1 fully saturated rings. The highest BCUT2D eigenvalue weighted by molar-refractivity contribution is 4.94. The molecule has 2 heteroatoms. The summed E-state index contributed by atoms with van der Waals surface area (Å²) in [5.74, 6) is 1.19. The molecular weight excluding hydrogens is 200 g/mol. The van der Waals surface area contributed by atoms with E-state index in [1.54, 1.807) is 0 Å². The van der Waals surface area contributed by atoms with Gasteiger partial charge in [-0.3, -0.25) is 0 Å². The van der Waals surface area contributed by atoms with E-state index < -0.39 is 0 Å². The first-order valence-corrected chi connectivity index (χ1v) is 6.76. The molecule has 2 nitrogen and oxygen atoms in total. The molecule has 0 aliphatic heterocycles. The highest BCUT2D eigenvalue weighted by atomic mass is 16.3. The van der Waals surface area contributed by atoms with Crippen molar-refractivity contribution in [1.82, 2.24) is 0 Å². The van der Waals surface area contributed by atoms with Crippen molar-refractivity contribution in [2.75, 3.05) is 6.61 Å². The topological polar surface area (TPSA) is 40.5 Å². The van der Waals surface area contributed by atoms with E-state index in [-0.39, 0.29) is 18.1 Å². The molecule has 4 unspecified atom stereocenters. The molecule has 0 saturated heterocycles. The molecule has 1 saturated carbocycles. The van der Waals surface area contributed by atoms with Crippen LogP contribution in [-0.4, -0.2) is 22.9 Å². The Hall–Kier alpha value is -0.0800. The van der Waals surface area contributed by atoms with E-state index in [2.05, 4.69) is 27.7 Å². The smallest absolute Gasteiger partial charge is 0.0573 e. The van der Waals surface area contributed by atoms with Gasteiger partial charge in [-0.05, 0) is 36.0 Å². The fourth-order valence-electron chi connectivity index (χ4n) is 3.63. The molecule has 0 aromatic heterocycles. The Morgan fingerprint density at radius 2 is 2.00 bits per heavy atom. The lowest BCUT2D eigenvalue weighted by atomic mass is 9.57. The summed E-state index contributed by atoms with van der Waals surface area (Å²) < 4.78 is 0. The van der Waals surface area contributed by atoms with E-state index in [4.69, 9.17) is 0 Å². The highest BCUT2D eigenvalue weighted by Crippen LogP contribution is 2.50. The predicted molar refractivity (Wildman–Crippen MR) is 67.2 cm³/mol. The molecule has 0 aromatic carbocycles. The predicted octanol–water partition coefficient (Wildman–Crippen LogP) is 2.83. The number of rotatable bonds is 4. The first kappa shape index (κ1) is 14.0. The van der Waals surface area contributed by atoms with Gasteiger partial charge in [-0.25, -0.2) is 0 Å². The molecule has 1 aliphatic rings. The van der Waals surface area contributed by atoms with Crippen LogP contribution in [0, 0.1) is 23.2 Å². The lowest BCUT2D eigenvalue weighted by Crippen LogP contribution is -2.46. The molecule has 5 atom stereocenters. The third-order valence-electron chi connectivity index (χ3n) is 5.15. The lowest BCUT2D eigenvalue weighted by Gasteiger charge is -2.49. The minimum Gasteiger partial charge on any atom is -0.396 e. The molecule has 0 heterocycles. The van der Waals surface area contributed by atoms with E-state index in [0.29, 0.717) is 17.8 Å². The van der Waals surface area contributed by atoms with Gasteiger partial charge in [0.2, 0.25) is 0 Å². The maximum atomic E-state index is 10.1. The van der Waals surface area contributed by atoms with Crippen LogP contribution in [0.1, 0.15) is 53.4 Å². The molecule has 96 valence electrons. The standard InChI is InChI=1S/C14H28O2/c1-5-12-13(16)7-6-8-14(12,4)11(3)10(2)9-15/h10-13,15-16H,5-9H2,1-4H3/t10-,11?,12?,13?,14?/m1/s1. The van der Waals surface area contributed by atoms with Gasteiger partial charge >= 0.3 is 0 Å². The third kappa shape index (κ3) is 2.43. The molecule has 1 aliphatic carbocycles. The van der Waals surface area contributed by atoms with Crippen LogP contribution >= 0.6 is 0 Å². The van der Waals surface area contributed by atoms with Crippen LogP contribution in [0.3, 0.4) is 0 Å². The maximum Gasteiger partial charge on any atom is 0.0573 e. The lowest BCUT2D eigenvalue weighted by molar-refractivity contribution is -0.0663. The van der Waals surface area contributed by atoms with Gasteiger partial charge in [-0.15, -0.1) is 0 Å². The Labute approximate surface area is 100 Å². The Morgan fingerprint density at radius 1 is 1.38 bits per heavy atom. The monoisotopic (exact) mass is 228 g/mol. The van der Waals surface area contributed by atoms with Crippen LogP contribution in [0.15, 0.2) is 0 Å². The van der Waals surface area contributed by atoms with Crippen LogP contribution in [-0.2, 0) is 0 Å². The van der Waals surface area contributed by atoms with Crippen molar-refractivity contribution < 1.29 is 10.2 Å². The van der Waals surface area contributed by atoms with Crippen molar-refractivity contribution in [1.29, 1.82) is 0 Å². The molecule has 0 aromatic rings. The zero-order valence-corrected chi connectivity index (χ0v) is 11.2. The van der Waals surface area contributed by atoms with Crippen molar-refractivity contribution >= 4 is 0 Å². The van der Waals surface area contributed by atoms with Crippen LogP contribution in [0.25, 0.3) is 0 Å². The number of hydrogen-bond donors (Lipinski definition) is 2. The van der Waals surface area contributed by atoms with Crippen molar-refractivity contribution in [2.24, 2.45) is 23.2 Å². The summed E-state index contributed by atoms with van der Waals surface area (Å²) in [6.07, 6.45) is 4.16. The quantitative estimate of drug-likeness (QED) is 0.777. The molecule has 0 amide bonds. The molecular formula is C14H28O2. The van der Waals surface area contributed by atoms with Gasteiger partial charge in [0.05, 0.1) is 6.10 Å². The summed E-state index contributed by atoms with van der Waals surface area (Å²) in [4.78, 5) is 0. The van der Waals surface area contributed by atoms with Gasteiger partial charge in [-0.1, -0.05) is 40.5 Å². The minimum atomic E-state index is -0.142. The fraction of sp³-hybridized carbons (Fsp3) is 1.00. The molecule has 1 rings (SSSR count). The second-order valence-electron chi connectivity index (χ2n) is 5.93. The molecule has 0 bridgehead atoms. The minimum absolute atomic E-state index is 0.142. The fourth-order valence-corrected chi connectivity index (χ4v) is 3.63. The summed E-state index contributed by atoms with van der Waals surface area (Å²) in [6.45, 7) is 9.09. The van der Waals surface area contributed by atoms with E-state index in [1.807, 2.05) is 0 Å². The molecule has 0 spiro atoms. The second kappa shape index (κ2) is 5.50.